The summed E-state index contributed by atoms with van der Waals surface area (Å²) in [5, 5.41) is 0. The van der Waals surface area contributed by atoms with Crippen LogP contribution in [0, 0.1) is 11.8 Å². The lowest BCUT2D eigenvalue weighted by atomic mass is 10.1. The summed E-state index contributed by atoms with van der Waals surface area (Å²) in [6.45, 7) is 14.2. The quantitative estimate of drug-likeness (QED) is 0.546. The zero-order valence-corrected chi connectivity index (χ0v) is 18.7. The fourth-order valence-electron chi connectivity index (χ4n) is 3.25. The molecular weight excluding hydrogens is 366 g/mol. The van der Waals surface area contributed by atoms with Crippen LogP contribution in [0.15, 0.2) is 18.3 Å². The van der Waals surface area contributed by atoms with Gasteiger partial charge in [-0.2, -0.15) is 0 Å². The third-order valence-corrected chi connectivity index (χ3v) is 5.01. The predicted octanol–water partition coefficient (Wildman–Crippen LogP) is 4.61. The molecule has 0 aliphatic rings. The number of rotatable bonds is 10. The van der Waals surface area contributed by atoms with Gasteiger partial charge in [-0.15, -0.1) is 0 Å². The highest BCUT2D eigenvalue weighted by Gasteiger charge is 2.21. The molecule has 0 aromatic carbocycles. The fourth-order valence-corrected chi connectivity index (χ4v) is 3.25. The molecule has 6 nitrogen and oxygen atoms in total. The second-order valence-electron chi connectivity index (χ2n) is 8.28. The van der Waals surface area contributed by atoms with Crippen molar-refractivity contribution >= 4 is 17.5 Å². The molecule has 0 saturated carbocycles. The van der Waals surface area contributed by atoms with Gasteiger partial charge in [-0.25, -0.2) is 9.78 Å². The molecule has 0 aliphatic heterocycles. The Hall–Kier alpha value is -2.37. The van der Waals surface area contributed by atoms with Gasteiger partial charge in [0.15, 0.2) is 5.69 Å². The lowest BCUT2D eigenvalue weighted by Crippen LogP contribution is -2.34. The van der Waals surface area contributed by atoms with Gasteiger partial charge >= 0.3 is 5.97 Å². The van der Waals surface area contributed by atoms with Crippen molar-refractivity contribution in [2.75, 3.05) is 19.7 Å². The molecule has 0 fully saturated rings. The monoisotopic (exact) mass is 401 g/mol. The lowest BCUT2D eigenvalue weighted by molar-refractivity contribution is 0.0518. The smallest absolute Gasteiger partial charge is 0.358 e. The first-order valence-corrected chi connectivity index (χ1v) is 10.8. The van der Waals surface area contributed by atoms with Crippen LogP contribution in [0.4, 0.5) is 0 Å². The molecule has 2 rings (SSSR count). The third-order valence-electron chi connectivity index (χ3n) is 5.01. The van der Waals surface area contributed by atoms with Gasteiger partial charge in [0.1, 0.15) is 5.65 Å². The number of esters is 1. The standard InChI is InChI=1S/C23H35N3O3/c1-7-19-21(23(28)29-8-2)24-20-10-9-18(15-26(19)20)22(27)25(13-11-16(3)4)14-12-17(5)6/h9-10,15-17H,7-8,11-14H2,1-6H3. The molecule has 0 spiro atoms. The van der Waals surface area contributed by atoms with E-state index in [1.807, 2.05) is 22.4 Å². The summed E-state index contributed by atoms with van der Waals surface area (Å²) in [7, 11) is 0. The number of aromatic nitrogens is 2. The largest absolute Gasteiger partial charge is 0.461 e. The van der Waals surface area contributed by atoms with Crippen molar-refractivity contribution in [2.45, 2.75) is 60.8 Å². The Labute approximate surface area is 174 Å². The fraction of sp³-hybridized carbons (Fsp3) is 0.609. The molecule has 2 heterocycles. The first-order chi connectivity index (χ1) is 13.8. The van der Waals surface area contributed by atoms with Crippen molar-refractivity contribution in [3.8, 4) is 0 Å². The van der Waals surface area contributed by atoms with E-state index in [9.17, 15) is 9.59 Å². The molecule has 160 valence electrons. The van der Waals surface area contributed by atoms with Crippen LogP contribution in [-0.2, 0) is 11.2 Å². The number of carbonyl (C=O) groups is 2. The van der Waals surface area contributed by atoms with Crippen LogP contribution in [0.3, 0.4) is 0 Å². The second-order valence-corrected chi connectivity index (χ2v) is 8.28. The first kappa shape index (κ1) is 22.9. The zero-order valence-electron chi connectivity index (χ0n) is 18.7. The van der Waals surface area contributed by atoms with E-state index in [1.54, 1.807) is 19.1 Å². The number of imidazole rings is 1. The Bertz CT molecular complexity index is 827. The van der Waals surface area contributed by atoms with Crippen molar-refractivity contribution < 1.29 is 14.3 Å². The van der Waals surface area contributed by atoms with Gasteiger partial charge in [-0.1, -0.05) is 34.6 Å². The highest BCUT2D eigenvalue weighted by molar-refractivity contribution is 5.95. The molecule has 2 aromatic heterocycles. The normalized spacial score (nSPS) is 11.4. The van der Waals surface area contributed by atoms with E-state index < -0.39 is 5.97 Å². The zero-order chi connectivity index (χ0) is 21.6. The number of nitrogens with zero attached hydrogens (tertiary/aromatic N) is 3. The Morgan fingerprint density at radius 2 is 1.69 bits per heavy atom. The van der Waals surface area contributed by atoms with Crippen LogP contribution in [-0.4, -0.2) is 45.9 Å². The van der Waals surface area contributed by atoms with Crippen LogP contribution < -0.4 is 0 Å². The van der Waals surface area contributed by atoms with Gasteiger partial charge in [-0.3, -0.25) is 4.79 Å². The number of fused-ring (bicyclic) bond motifs is 1. The van der Waals surface area contributed by atoms with E-state index in [4.69, 9.17) is 4.74 Å². The summed E-state index contributed by atoms with van der Waals surface area (Å²) >= 11 is 0. The van der Waals surface area contributed by atoms with Crippen LogP contribution in [0.5, 0.6) is 0 Å². The minimum absolute atomic E-state index is 0.0293. The SMILES string of the molecule is CCOC(=O)c1nc2ccc(C(=O)N(CCC(C)C)CCC(C)C)cn2c1CC. The molecule has 0 N–H and O–H groups in total. The number of carbonyl (C=O) groups excluding carboxylic acids is 2. The highest BCUT2D eigenvalue weighted by atomic mass is 16.5. The van der Waals surface area contributed by atoms with Crippen molar-refractivity contribution in [3.05, 3.63) is 35.3 Å². The number of ether oxygens (including phenoxy) is 1. The molecule has 0 atom stereocenters. The maximum atomic E-state index is 13.3. The van der Waals surface area contributed by atoms with Crippen molar-refractivity contribution in [1.29, 1.82) is 0 Å². The molecule has 2 aromatic rings. The maximum Gasteiger partial charge on any atom is 0.358 e. The van der Waals surface area contributed by atoms with Crippen molar-refractivity contribution in [2.24, 2.45) is 11.8 Å². The molecule has 0 saturated heterocycles. The minimum Gasteiger partial charge on any atom is -0.461 e. The second kappa shape index (κ2) is 10.4. The van der Waals surface area contributed by atoms with E-state index in [0.717, 1.165) is 31.6 Å². The summed E-state index contributed by atoms with van der Waals surface area (Å²) in [6.07, 6.45) is 4.39. The van der Waals surface area contributed by atoms with Gasteiger partial charge in [0.05, 0.1) is 17.9 Å². The van der Waals surface area contributed by atoms with Gasteiger partial charge in [0.25, 0.3) is 5.91 Å². The van der Waals surface area contributed by atoms with E-state index in [0.29, 0.717) is 41.8 Å². The first-order valence-electron chi connectivity index (χ1n) is 10.8. The molecule has 0 unspecified atom stereocenters. The summed E-state index contributed by atoms with van der Waals surface area (Å²) in [6, 6.07) is 3.61. The Kier molecular flexibility index (Phi) is 8.23. The van der Waals surface area contributed by atoms with Crippen LogP contribution in [0.2, 0.25) is 0 Å². The Balaban J connectivity index is 2.36. The molecule has 1 amide bonds. The van der Waals surface area contributed by atoms with Gasteiger partial charge in [0.2, 0.25) is 0 Å². The average Bonchev–Trinajstić information content (AvgIpc) is 3.05. The summed E-state index contributed by atoms with van der Waals surface area (Å²) in [4.78, 5) is 31.9. The summed E-state index contributed by atoms with van der Waals surface area (Å²) in [5.74, 6) is 0.691. The number of aryl methyl sites for hydroxylation is 1. The van der Waals surface area contributed by atoms with E-state index in [-0.39, 0.29) is 5.91 Å². The lowest BCUT2D eigenvalue weighted by Gasteiger charge is -2.24. The van der Waals surface area contributed by atoms with Crippen molar-refractivity contribution in [3.63, 3.8) is 0 Å². The number of hydrogen-bond donors (Lipinski definition) is 0. The highest BCUT2D eigenvalue weighted by Crippen LogP contribution is 2.18. The number of pyridine rings is 1. The molecule has 6 heteroatoms. The Morgan fingerprint density at radius 1 is 1.07 bits per heavy atom. The van der Waals surface area contributed by atoms with E-state index in [2.05, 4.69) is 32.7 Å². The predicted molar refractivity (Wildman–Crippen MR) is 115 cm³/mol. The van der Waals surface area contributed by atoms with Gasteiger partial charge in [-0.05, 0) is 50.2 Å². The molecular formula is C23H35N3O3. The Morgan fingerprint density at radius 3 is 2.21 bits per heavy atom. The van der Waals surface area contributed by atoms with Crippen molar-refractivity contribution in [1.82, 2.24) is 14.3 Å². The van der Waals surface area contributed by atoms with Gasteiger partial charge in [0, 0.05) is 19.3 Å². The summed E-state index contributed by atoms with van der Waals surface area (Å²) in [5.41, 5.74) is 2.37. The molecule has 29 heavy (non-hydrogen) atoms. The van der Waals surface area contributed by atoms with Crippen LogP contribution in [0.1, 0.15) is 80.9 Å². The average molecular weight is 402 g/mol. The number of amides is 1. The summed E-state index contributed by atoms with van der Waals surface area (Å²) < 4.78 is 6.98. The van der Waals surface area contributed by atoms with E-state index in [1.165, 1.54) is 0 Å². The topological polar surface area (TPSA) is 63.9 Å². The van der Waals surface area contributed by atoms with Crippen LogP contribution in [0.25, 0.3) is 5.65 Å². The van der Waals surface area contributed by atoms with Crippen LogP contribution >= 0.6 is 0 Å². The minimum atomic E-state index is -0.420. The molecule has 0 aliphatic carbocycles. The maximum absolute atomic E-state index is 13.3. The molecule has 0 radical (unpaired) electrons. The number of hydrogen-bond acceptors (Lipinski definition) is 4. The van der Waals surface area contributed by atoms with Gasteiger partial charge < -0.3 is 14.0 Å². The molecule has 0 bridgehead atoms. The third kappa shape index (κ3) is 5.81. The van der Waals surface area contributed by atoms with E-state index >= 15 is 0 Å².